The van der Waals surface area contributed by atoms with Crippen LogP contribution < -0.4 is 0 Å². The summed E-state index contributed by atoms with van der Waals surface area (Å²) in [5.74, 6) is -2.08. The highest BCUT2D eigenvalue weighted by Crippen LogP contribution is 2.54. The molecular weight excluding hydrogens is 861 g/mol. The van der Waals surface area contributed by atoms with E-state index in [1.165, 1.54) is 0 Å². The first-order valence-corrected chi connectivity index (χ1v) is 21.1. The van der Waals surface area contributed by atoms with E-state index < -0.39 is 103 Å². The standard InChI is InChI=1S/C19H27N9O6.C17H25N9O5/c1-9(29)31-15-12(24-27-21)8-13(25-28-22)16(17(15)32-10(2)30)34-18-11(23-26-20)4-5-14(33-18)19(3)6-7-19;1-8(27)29-14-10(22-25-19)7-11(23-26-20)15(13(14)28)31-16-9(21-24-18)3-4-12(30-16)17(2)5-6-17/h11-18H,4-8H2,1-3H3;9-16,28H,3-7H2,1-2H3/t11-,12-,13+,14+,15+,16-,17-,18-;9-,10-,11+,12+,13-,14+,15-,16-/m11/s1. The summed E-state index contributed by atoms with van der Waals surface area (Å²) >= 11 is 0. The summed E-state index contributed by atoms with van der Waals surface area (Å²) in [4.78, 5) is 52.2. The van der Waals surface area contributed by atoms with Crippen LogP contribution in [0.3, 0.4) is 0 Å². The van der Waals surface area contributed by atoms with Crippen LogP contribution in [0.4, 0.5) is 0 Å². The third-order valence-corrected chi connectivity index (χ3v) is 12.8. The molecular formula is C36H52N18O11. The van der Waals surface area contributed by atoms with Gasteiger partial charge < -0.3 is 38.3 Å². The van der Waals surface area contributed by atoms with Crippen LogP contribution in [0.25, 0.3) is 62.7 Å². The van der Waals surface area contributed by atoms with E-state index in [2.05, 4.69) is 74.0 Å². The van der Waals surface area contributed by atoms with Crippen LogP contribution >= 0.6 is 0 Å². The van der Waals surface area contributed by atoms with Crippen molar-refractivity contribution >= 4 is 17.9 Å². The lowest BCUT2D eigenvalue weighted by Gasteiger charge is -2.45. The summed E-state index contributed by atoms with van der Waals surface area (Å²) in [5.41, 5.74) is 54.0. The molecule has 0 aromatic carbocycles. The van der Waals surface area contributed by atoms with E-state index in [0.29, 0.717) is 25.7 Å². The number of carbonyl (C=O) groups is 3. The van der Waals surface area contributed by atoms with Crippen LogP contribution in [-0.2, 0) is 47.5 Å². The van der Waals surface area contributed by atoms with Crippen molar-refractivity contribution in [1.82, 2.24) is 0 Å². The highest BCUT2D eigenvalue weighted by molar-refractivity contribution is 5.67. The Morgan fingerprint density at radius 3 is 1.20 bits per heavy atom. The molecule has 6 aliphatic rings. The summed E-state index contributed by atoms with van der Waals surface area (Å²) in [5, 5.41) is 33.2. The van der Waals surface area contributed by atoms with Gasteiger partial charge in [-0.1, -0.05) is 44.5 Å². The molecule has 4 saturated carbocycles. The number of hydrogen-bond donors (Lipinski definition) is 1. The fourth-order valence-corrected chi connectivity index (χ4v) is 8.89. The minimum atomic E-state index is -1.46. The fourth-order valence-electron chi connectivity index (χ4n) is 8.89. The van der Waals surface area contributed by atoms with Crippen molar-refractivity contribution < 1.29 is 52.6 Å². The van der Waals surface area contributed by atoms with E-state index in [1.54, 1.807) is 0 Å². The Morgan fingerprint density at radius 1 is 0.492 bits per heavy atom. The normalized spacial score (nSPS) is 37.2. The fraction of sp³-hybridized carbons (Fsp3) is 0.917. The minimum absolute atomic E-state index is 0.00186. The van der Waals surface area contributed by atoms with Crippen molar-refractivity contribution in [3.63, 3.8) is 0 Å². The Bertz CT molecular complexity index is 2060. The van der Waals surface area contributed by atoms with Gasteiger partial charge in [-0.2, -0.15) is 0 Å². The lowest BCUT2D eigenvalue weighted by molar-refractivity contribution is -0.265. The van der Waals surface area contributed by atoms with Gasteiger partial charge >= 0.3 is 17.9 Å². The van der Waals surface area contributed by atoms with Crippen molar-refractivity contribution in [2.45, 2.75) is 196 Å². The largest absolute Gasteiger partial charge is 0.459 e. The highest BCUT2D eigenvalue weighted by atomic mass is 16.7. The van der Waals surface area contributed by atoms with E-state index in [0.717, 1.165) is 46.5 Å². The molecule has 0 unspecified atom stereocenters. The molecule has 29 heteroatoms. The first-order valence-electron chi connectivity index (χ1n) is 21.1. The Balaban J connectivity index is 0.000000245. The molecule has 2 heterocycles. The number of rotatable bonds is 15. The summed E-state index contributed by atoms with van der Waals surface area (Å²) in [6, 6.07) is -5.11. The zero-order valence-corrected chi connectivity index (χ0v) is 36.4. The topological polar surface area (TPSA) is 429 Å². The van der Waals surface area contributed by atoms with Crippen molar-refractivity contribution in [2.75, 3.05) is 0 Å². The zero-order chi connectivity index (χ0) is 47.5. The molecule has 352 valence electrons. The summed E-state index contributed by atoms with van der Waals surface area (Å²) < 4.78 is 40.6. The molecule has 1 N–H and O–H groups in total. The number of nitrogens with zero attached hydrogens (tertiary/aromatic N) is 18. The molecule has 0 radical (unpaired) electrons. The Morgan fingerprint density at radius 2 is 0.815 bits per heavy atom. The average Bonchev–Trinajstić information content (AvgIpc) is 4.19. The van der Waals surface area contributed by atoms with Gasteiger partial charge in [0.25, 0.3) is 0 Å². The van der Waals surface area contributed by atoms with Gasteiger partial charge in [-0.25, -0.2) is 0 Å². The number of hydrogen-bond acceptors (Lipinski definition) is 17. The smallest absolute Gasteiger partial charge is 0.303 e. The van der Waals surface area contributed by atoms with Gasteiger partial charge in [0, 0.05) is 50.2 Å². The third kappa shape index (κ3) is 12.7. The van der Waals surface area contributed by atoms with Gasteiger partial charge in [-0.05, 0) is 108 Å². The predicted molar refractivity (Wildman–Crippen MR) is 220 cm³/mol. The number of aliphatic hydroxyl groups excluding tert-OH is 1. The Hall–Kier alpha value is -5.93. The maximum Gasteiger partial charge on any atom is 0.303 e. The highest BCUT2D eigenvalue weighted by Gasteiger charge is 2.55. The molecule has 0 amide bonds. The summed E-state index contributed by atoms with van der Waals surface area (Å²) in [6.07, 6.45) is -3.12. The molecule has 2 aliphatic heterocycles. The van der Waals surface area contributed by atoms with Crippen LogP contribution in [0, 0.1) is 10.8 Å². The third-order valence-electron chi connectivity index (χ3n) is 12.8. The van der Waals surface area contributed by atoms with Gasteiger partial charge in [0.15, 0.2) is 18.7 Å². The van der Waals surface area contributed by atoms with Crippen LogP contribution in [0.1, 0.15) is 98.8 Å². The quantitative estimate of drug-likeness (QED) is 0.0554. The summed E-state index contributed by atoms with van der Waals surface area (Å²) in [7, 11) is 0. The summed E-state index contributed by atoms with van der Waals surface area (Å²) in [6.45, 7) is 7.71. The van der Waals surface area contributed by atoms with E-state index in [-0.39, 0.29) is 35.9 Å². The second kappa shape index (κ2) is 22.3. The molecule has 0 aromatic rings. The lowest BCUT2D eigenvalue weighted by Crippen LogP contribution is -2.60. The van der Waals surface area contributed by atoms with E-state index in [1.807, 2.05) is 0 Å². The molecule has 65 heavy (non-hydrogen) atoms. The van der Waals surface area contributed by atoms with Crippen LogP contribution in [0.15, 0.2) is 30.7 Å². The second-order valence-electron chi connectivity index (χ2n) is 17.5. The molecule has 0 spiro atoms. The molecule has 6 fully saturated rings. The van der Waals surface area contributed by atoms with Crippen LogP contribution in [0.2, 0.25) is 0 Å². The molecule has 4 aliphatic carbocycles. The van der Waals surface area contributed by atoms with E-state index >= 15 is 0 Å². The number of azide groups is 6. The number of carbonyl (C=O) groups excluding carboxylic acids is 3. The maximum absolute atomic E-state index is 11.9. The second-order valence-corrected chi connectivity index (χ2v) is 17.5. The molecule has 0 bridgehead atoms. The SMILES string of the molecule is CC(=O)O[C@@H]1[C@@H](O)[C@H](O[C@H]2O[C@H](C3(C)CC3)CC[C@H]2N=[N+]=[N-])[C@@H](N=[N+]=[N-])C[C@H]1N=[N+]=[N-].CC(=O)O[C@@H]1[C@@H](OC(C)=O)[C@H](N=[N+]=[N-])C[C@H](N=[N+]=[N-])[C@H]1O[C@H]1O[C@H](C2(C)CC2)CC[C@H]1N=[N+]=[N-]. The number of aliphatic hydroxyl groups is 1. The minimum Gasteiger partial charge on any atom is -0.459 e. The van der Waals surface area contributed by atoms with Gasteiger partial charge in [0.05, 0.1) is 54.6 Å². The first-order chi connectivity index (χ1) is 31.0. The van der Waals surface area contributed by atoms with E-state index in [4.69, 9.17) is 66.3 Å². The van der Waals surface area contributed by atoms with E-state index in [9.17, 15) is 19.5 Å². The van der Waals surface area contributed by atoms with Gasteiger partial charge in [0.2, 0.25) is 0 Å². The molecule has 29 nitrogen and oxygen atoms in total. The Kier molecular flexibility index (Phi) is 17.2. The number of esters is 3. The van der Waals surface area contributed by atoms with Crippen molar-refractivity contribution in [3.8, 4) is 0 Å². The van der Waals surface area contributed by atoms with Crippen molar-refractivity contribution in [3.05, 3.63) is 62.7 Å². The zero-order valence-electron chi connectivity index (χ0n) is 36.4. The predicted octanol–water partition coefficient (Wildman–Crippen LogP) is 7.39. The molecule has 16 atom stereocenters. The van der Waals surface area contributed by atoms with Gasteiger partial charge in [0.1, 0.15) is 24.4 Å². The molecule has 2 saturated heterocycles. The van der Waals surface area contributed by atoms with Crippen molar-refractivity contribution in [1.29, 1.82) is 0 Å². The number of ether oxygens (including phenoxy) is 7. The van der Waals surface area contributed by atoms with Gasteiger partial charge in [-0.3, -0.25) is 14.4 Å². The lowest BCUT2D eigenvalue weighted by atomic mass is 9.84. The Labute approximate surface area is 370 Å². The maximum atomic E-state index is 11.9. The van der Waals surface area contributed by atoms with Crippen LogP contribution in [0.5, 0.6) is 0 Å². The monoisotopic (exact) mass is 912 g/mol. The first kappa shape index (κ1) is 50.1. The molecule has 0 aromatic heterocycles. The van der Waals surface area contributed by atoms with Crippen molar-refractivity contribution in [2.24, 2.45) is 41.5 Å². The van der Waals surface area contributed by atoms with Gasteiger partial charge in [-0.15, -0.1) is 0 Å². The average molecular weight is 913 g/mol. The molecule has 6 rings (SSSR count). The van der Waals surface area contributed by atoms with Crippen LogP contribution in [-0.4, -0.2) is 121 Å².